The predicted octanol–water partition coefficient (Wildman–Crippen LogP) is 5.69. The van der Waals surface area contributed by atoms with E-state index < -0.39 is 23.9 Å². The number of aromatic amines is 1. The number of H-pyrrole nitrogens is 1. The van der Waals surface area contributed by atoms with Crippen molar-refractivity contribution in [1.82, 2.24) is 9.97 Å². The van der Waals surface area contributed by atoms with Crippen LogP contribution in [0.5, 0.6) is 0 Å². The Morgan fingerprint density at radius 3 is 2.70 bits per heavy atom. The van der Waals surface area contributed by atoms with E-state index in [9.17, 15) is 13.6 Å². The zero-order chi connectivity index (χ0) is 20.9. The van der Waals surface area contributed by atoms with Crippen molar-refractivity contribution in [2.45, 2.75) is 43.6 Å². The number of imidazole rings is 1. The summed E-state index contributed by atoms with van der Waals surface area (Å²) in [5.41, 5.74) is 3.17. The van der Waals surface area contributed by atoms with Gasteiger partial charge < -0.3 is 9.72 Å². The molecule has 2 heterocycles. The SMILES string of the molecule is O=C1OCC(c2ccc(C3CCC(F)(F)CC3)cc2F)N1c1ccc2nc[nH]c2c1. The van der Waals surface area contributed by atoms with Gasteiger partial charge in [-0.05, 0) is 48.6 Å². The topological polar surface area (TPSA) is 58.2 Å². The maximum absolute atomic E-state index is 15.1. The molecule has 1 aromatic heterocycles. The zero-order valence-electron chi connectivity index (χ0n) is 16.1. The van der Waals surface area contributed by atoms with Gasteiger partial charge >= 0.3 is 6.09 Å². The Labute approximate surface area is 170 Å². The van der Waals surface area contributed by atoms with Crippen LogP contribution in [0.2, 0.25) is 0 Å². The van der Waals surface area contributed by atoms with E-state index in [0.717, 1.165) is 16.6 Å². The van der Waals surface area contributed by atoms with Crippen LogP contribution < -0.4 is 4.90 Å². The zero-order valence-corrected chi connectivity index (χ0v) is 16.1. The summed E-state index contributed by atoms with van der Waals surface area (Å²) in [5.74, 6) is -3.15. The van der Waals surface area contributed by atoms with Gasteiger partial charge in [-0.2, -0.15) is 0 Å². The van der Waals surface area contributed by atoms with Crippen molar-refractivity contribution in [3.05, 3.63) is 59.7 Å². The summed E-state index contributed by atoms with van der Waals surface area (Å²) in [6, 6.07) is 9.54. The average molecular weight is 415 g/mol. The van der Waals surface area contributed by atoms with Gasteiger partial charge in [-0.25, -0.2) is 22.9 Å². The number of nitrogens with zero attached hydrogens (tertiary/aromatic N) is 2. The molecule has 0 bridgehead atoms. The summed E-state index contributed by atoms with van der Waals surface area (Å²) in [6.45, 7) is 0.0335. The molecule has 8 heteroatoms. The van der Waals surface area contributed by atoms with Crippen LogP contribution in [0.3, 0.4) is 0 Å². The minimum absolute atomic E-state index is 0.0335. The number of carbonyl (C=O) groups is 1. The van der Waals surface area contributed by atoms with Crippen molar-refractivity contribution >= 4 is 22.8 Å². The summed E-state index contributed by atoms with van der Waals surface area (Å²) >= 11 is 0. The Morgan fingerprint density at radius 2 is 1.93 bits per heavy atom. The molecule has 1 saturated heterocycles. The molecular formula is C22H20F3N3O2. The van der Waals surface area contributed by atoms with Crippen LogP contribution in [0, 0.1) is 5.82 Å². The van der Waals surface area contributed by atoms with Crippen molar-refractivity contribution in [3.63, 3.8) is 0 Å². The maximum atomic E-state index is 15.1. The van der Waals surface area contributed by atoms with E-state index in [2.05, 4.69) is 9.97 Å². The monoisotopic (exact) mass is 415 g/mol. The van der Waals surface area contributed by atoms with Crippen molar-refractivity contribution in [3.8, 4) is 0 Å². The summed E-state index contributed by atoms with van der Waals surface area (Å²) < 4.78 is 47.1. The summed E-state index contributed by atoms with van der Waals surface area (Å²) in [7, 11) is 0. The number of benzene rings is 2. The molecule has 1 unspecified atom stereocenters. The first-order valence-electron chi connectivity index (χ1n) is 9.98. The second-order valence-electron chi connectivity index (χ2n) is 7.98. The van der Waals surface area contributed by atoms with Crippen LogP contribution in [0.15, 0.2) is 42.7 Å². The Hall–Kier alpha value is -3.03. The van der Waals surface area contributed by atoms with E-state index in [1.807, 2.05) is 0 Å². The fraction of sp³-hybridized carbons (Fsp3) is 0.364. The molecule has 30 heavy (non-hydrogen) atoms. The van der Waals surface area contributed by atoms with E-state index in [4.69, 9.17) is 4.74 Å². The van der Waals surface area contributed by atoms with E-state index in [1.165, 1.54) is 11.0 Å². The van der Waals surface area contributed by atoms with E-state index in [0.29, 0.717) is 24.1 Å². The van der Waals surface area contributed by atoms with Crippen LogP contribution in [0.25, 0.3) is 11.0 Å². The molecule has 3 aromatic rings. The minimum Gasteiger partial charge on any atom is -0.447 e. The highest BCUT2D eigenvalue weighted by atomic mass is 19.3. The number of anilines is 1. The number of amides is 1. The number of rotatable bonds is 3. The number of halogens is 3. The molecule has 1 N–H and O–H groups in total. The Balaban J connectivity index is 1.43. The average Bonchev–Trinajstić information content (AvgIpc) is 3.33. The fourth-order valence-corrected chi connectivity index (χ4v) is 4.45. The van der Waals surface area contributed by atoms with Crippen molar-refractivity contribution in [2.24, 2.45) is 0 Å². The minimum atomic E-state index is -2.62. The van der Waals surface area contributed by atoms with Crippen LogP contribution in [-0.2, 0) is 4.74 Å². The highest BCUT2D eigenvalue weighted by Crippen LogP contribution is 2.42. The maximum Gasteiger partial charge on any atom is 0.415 e. The van der Waals surface area contributed by atoms with E-state index in [1.54, 1.807) is 36.7 Å². The number of carbonyl (C=O) groups excluding carboxylic acids is 1. The first-order valence-corrected chi connectivity index (χ1v) is 9.98. The molecule has 2 aliphatic rings. The molecule has 2 aromatic carbocycles. The number of cyclic esters (lactones) is 1. The number of hydrogen-bond donors (Lipinski definition) is 1. The fourth-order valence-electron chi connectivity index (χ4n) is 4.45. The highest BCUT2D eigenvalue weighted by molar-refractivity contribution is 5.93. The summed E-state index contributed by atoms with van der Waals surface area (Å²) in [5, 5.41) is 0. The van der Waals surface area contributed by atoms with Gasteiger partial charge in [0, 0.05) is 18.4 Å². The number of alkyl halides is 2. The first kappa shape index (κ1) is 19.0. The molecule has 156 valence electrons. The lowest BCUT2D eigenvalue weighted by Gasteiger charge is -2.29. The van der Waals surface area contributed by atoms with Crippen molar-refractivity contribution in [1.29, 1.82) is 0 Å². The van der Waals surface area contributed by atoms with Crippen LogP contribution in [0.4, 0.5) is 23.7 Å². The molecule has 0 radical (unpaired) electrons. The number of aromatic nitrogens is 2. The van der Waals surface area contributed by atoms with Crippen LogP contribution in [-0.4, -0.2) is 28.6 Å². The Kier molecular flexibility index (Phi) is 4.45. The van der Waals surface area contributed by atoms with Gasteiger partial charge in [-0.1, -0.05) is 12.1 Å². The number of fused-ring (bicyclic) bond motifs is 1. The van der Waals surface area contributed by atoms with Gasteiger partial charge in [0.25, 0.3) is 0 Å². The molecule has 1 saturated carbocycles. The molecule has 1 amide bonds. The third-order valence-electron chi connectivity index (χ3n) is 6.13. The van der Waals surface area contributed by atoms with Crippen molar-refractivity contribution < 1.29 is 22.7 Å². The molecule has 5 nitrogen and oxygen atoms in total. The highest BCUT2D eigenvalue weighted by Gasteiger charge is 2.38. The molecular weight excluding hydrogens is 395 g/mol. The summed E-state index contributed by atoms with van der Waals surface area (Å²) in [6.07, 6.45) is 1.36. The lowest BCUT2D eigenvalue weighted by molar-refractivity contribution is -0.0382. The standard InChI is InChI=1S/C22H20F3N3O2/c23-17-9-14(13-5-7-22(24,25)8-6-13)1-3-16(17)20-11-30-21(29)28(20)15-2-4-18-19(10-15)27-12-26-18/h1-4,9-10,12-13,20H,5-8,11H2,(H,26,27). The normalized spacial score (nSPS) is 21.9. The Morgan fingerprint density at radius 1 is 1.13 bits per heavy atom. The second kappa shape index (κ2) is 7.04. The largest absolute Gasteiger partial charge is 0.447 e. The van der Waals surface area contributed by atoms with Crippen LogP contribution in [0.1, 0.15) is 48.8 Å². The van der Waals surface area contributed by atoms with Gasteiger partial charge in [0.05, 0.1) is 23.0 Å². The lowest BCUT2D eigenvalue weighted by Crippen LogP contribution is -2.28. The quantitative estimate of drug-likeness (QED) is 0.598. The van der Waals surface area contributed by atoms with Gasteiger partial charge in [0.1, 0.15) is 18.5 Å². The molecule has 2 fully saturated rings. The number of hydrogen-bond acceptors (Lipinski definition) is 3. The predicted molar refractivity (Wildman–Crippen MR) is 105 cm³/mol. The molecule has 0 spiro atoms. The van der Waals surface area contributed by atoms with Crippen molar-refractivity contribution in [2.75, 3.05) is 11.5 Å². The van der Waals surface area contributed by atoms with E-state index >= 15 is 4.39 Å². The van der Waals surface area contributed by atoms with Gasteiger partial charge in [-0.3, -0.25) is 4.90 Å². The van der Waals surface area contributed by atoms with Crippen LogP contribution >= 0.6 is 0 Å². The second-order valence-corrected chi connectivity index (χ2v) is 7.98. The third kappa shape index (κ3) is 3.30. The van der Waals surface area contributed by atoms with Gasteiger partial charge in [0.15, 0.2) is 0 Å². The lowest BCUT2D eigenvalue weighted by atomic mass is 9.82. The first-order chi connectivity index (χ1) is 14.4. The smallest absolute Gasteiger partial charge is 0.415 e. The van der Waals surface area contributed by atoms with Gasteiger partial charge in [-0.15, -0.1) is 0 Å². The third-order valence-corrected chi connectivity index (χ3v) is 6.13. The van der Waals surface area contributed by atoms with E-state index in [-0.39, 0.29) is 25.4 Å². The number of nitrogens with one attached hydrogen (secondary N) is 1. The number of ether oxygens (including phenoxy) is 1. The molecule has 1 aliphatic heterocycles. The Bertz CT molecular complexity index is 1100. The van der Waals surface area contributed by atoms with Gasteiger partial charge in [0.2, 0.25) is 5.92 Å². The molecule has 1 atom stereocenters. The molecule has 1 aliphatic carbocycles. The molecule has 5 rings (SSSR count). The summed E-state index contributed by atoms with van der Waals surface area (Å²) in [4.78, 5) is 21.0.